The van der Waals surface area contributed by atoms with Crippen molar-refractivity contribution in [2.45, 2.75) is 38.8 Å². The lowest BCUT2D eigenvalue weighted by atomic mass is 10.0. The minimum Gasteiger partial charge on any atom is -0.444 e. The highest BCUT2D eigenvalue weighted by Crippen LogP contribution is 2.34. The number of nitrogens with zero attached hydrogens (tertiary/aromatic N) is 5. The number of likely N-dealkylation sites (tertiary alicyclic amines) is 1. The molecule has 1 saturated heterocycles. The van der Waals surface area contributed by atoms with Crippen LogP contribution in [0.15, 0.2) is 16.7 Å². The van der Waals surface area contributed by atoms with Crippen molar-refractivity contribution in [3.63, 3.8) is 0 Å². The standard InChI is InChI=1S/C13H19N5O2S/c1-13(2,3)20-12(19)18-6-4-9(8-18)10(16-17-14)11-15-5-7-21-11/h5,7,9-10H,4,6,8H2,1-3H3. The van der Waals surface area contributed by atoms with E-state index in [-0.39, 0.29) is 18.1 Å². The van der Waals surface area contributed by atoms with E-state index < -0.39 is 5.60 Å². The Kier molecular flexibility index (Phi) is 4.69. The number of amides is 1. The molecule has 2 atom stereocenters. The summed E-state index contributed by atoms with van der Waals surface area (Å²) in [6.07, 6.45) is 2.16. The fourth-order valence-corrected chi connectivity index (χ4v) is 3.08. The lowest BCUT2D eigenvalue weighted by Crippen LogP contribution is -2.35. The first kappa shape index (κ1) is 15.6. The van der Waals surface area contributed by atoms with Crippen LogP contribution in [0.2, 0.25) is 0 Å². The van der Waals surface area contributed by atoms with Crippen molar-refractivity contribution in [3.8, 4) is 0 Å². The van der Waals surface area contributed by atoms with Gasteiger partial charge in [0.1, 0.15) is 10.6 Å². The molecule has 7 nitrogen and oxygen atoms in total. The molecule has 0 N–H and O–H groups in total. The second kappa shape index (κ2) is 6.32. The molecule has 2 unspecified atom stereocenters. The average Bonchev–Trinajstić information content (AvgIpc) is 3.05. The summed E-state index contributed by atoms with van der Waals surface area (Å²) in [4.78, 5) is 20.9. The molecule has 0 aromatic carbocycles. The van der Waals surface area contributed by atoms with Crippen LogP contribution in [0.3, 0.4) is 0 Å². The molecule has 1 aliphatic heterocycles. The third kappa shape index (κ3) is 4.09. The van der Waals surface area contributed by atoms with E-state index in [1.165, 1.54) is 11.3 Å². The van der Waals surface area contributed by atoms with Gasteiger partial charge in [0.15, 0.2) is 0 Å². The molecule has 1 aromatic rings. The summed E-state index contributed by atoms with van der Waals surface area (Å²) in [5.74, 6) is 0.0829. The van der Waals surface area contributed by atoms with Crippen molar-refractivity contribution < 1.29 is 9.53 Å². The number of azide groups is 1. The largest absolute Gasteiger partial charge is 0.444 e. The third-order valence-corrected chi connectivity index (χ3v) is 4.05. The van der Waals surface area contributed by atoms with Crippen LogP contribution in [0.25, 0.3) is 10.4 Å². The smallest absolute Gasteiger partial charge is 0.410 e. The number of hydrogen-bond acceptors (Lipinski definition) is 5. The fraction of sp³-hybridized carbons (Fsp3) is 0.692. The van der Waals surface area contributed by atoms with Gasteiger partial charge in [-0.2, -0.15) is 0 Å². The number of rotatable bonds is 3. The van der Waals surface area contributed by atoms with Crippen molar-refractivity contribution in [3.05, 3.63) is 27.0 Å². The van der Waals surface area contributed by atoms with E-state index in [4.69, 9.17) is 10.3 Å². The maximum absolute atomic E-state index is 12.1. The first-order valence-corrected chi connectivity index (χ1v) is 7.70. The molecule has 21 heavy (non-hydrogen) atoms. The number of aromatic nitrogens is 1. The summed E-state index contributed by atoms with van der Waals surface area (Å²) in [5.41, 5.74) is 8.25. The maximum Gasteiger partial charge on any atom is 0.410 e. The molecule has 1 aliphatic rings. The molecule has 0 radical (unpaired) electrons. The first-order chi connectivity index (χ1) is 9.90. The number of carbonyl (C=O) groups is 1. The number of ether oxygens (including phenoxy) is 1. The Labute approximate surface area is 127 Å². The van der Waals surface area contributed by atoms with Gasteiger partial charge in [-0.3, -0.25) is 0 Å². The van der Waals surface area contributed by atoms with Crippen LogP contribution in [0, 0.1) is 5.92 Å². The number of thiazole rings is 1. The van der Waals surface area contributed by atoms with Gasteiger partial charge in [-0.15, -0.1) is 11.3 Å². The molecule has 0 aliphatic carbocycles. The molecule has 0 saturated carbocycles. The second-order valence-electron chi connectivity index (χ2n) is 6.00. The second-order valence-corrected chi connectivity index (χ2v) is 6.92. The Balaban J connectivity index is 2.03. The Bertz CT molecular complexity index is 533. The van der Waals surface area contributed by atoms with Crippen LogP contribution >= 0.6 is 11.3 Å². The minimum absolute atomic E-state index is 0.0829. The van der Waals surface area contributed by atoms with Gasteiger partial charge < -0.3 is 9.64 Å². The fourth-order valence-electron chi connectivity index (χ4n) is 2.32. The van der Waals surface area contributed by atoms with Crippen LogP contribution in [0.1, 0.15) is 38.2 Å². The van der Waals surface area contributed by atoms with E-state index in [9.17, 15) is 4.79 Å². The molecular weight excluding hydrogens is 290 g/mol. The highest BCUT2D eigenvalue weighted by atomic mass is 32.1. The zero-order chi connectivity index (χ0) is 15.5. The van der Waals surface area contributed by atoms with Gasteiger partial charge >= 0.3 is 6.09 Å². The van der Waals surface area contributed by atoms with Gasteiger partial charge in [0.05, 0.1) is 6.04 Å². The maximum atomic E-state index is 12.1. The van der Waals surface area contributed by atoms with E-state index in [1.54, 1.807) is 11.1 Å². The van der Waals surface area contributed by atoms with Gasteiger partial charge in [-0.25, -0.2) is 9.78 Å². The topological polar surface area (TPSA) is 91.2 Å². The van der Waals surface area contributed by atoms with E-state index in [1.807, 2.05) is 26.2 Å². The summed E-state index contributed by atoms with van der Waals surface area (Å²) >= 11 is 1.47. The molecule has 1 amide bonds. The molecule has 0 bridgehead atoms. The predicted molar refractivity (Wildman–Crippen MR) is 79.9 cm³/mol. The van der Waals surface area contributed by atoms with Gasteiger partial charge in [-0.1, -0.05) is 5.11 Å². The van der Waals surface area contributed by atoms with Crippen molar-refractivity contribution in [1.82, 2.24) is 9.88 Å². The monoisotopic (exact) mass is 309 g/mol. The zero-order valence-corrected chi connectivity index (χ0v) is 13.2. The minimum atomic E-state index is -0.505. The molecule has 1 fully saturated rings. The Morgan fingerprint density at radius 2 is 2.43 bits per heavy atom. The molecule has 8 heteroatoms. The van der Waals surface area contributed by atoms with Crippen LogP contribution in [0.5, 0.6) is 0 Å². The Morgan fingerprint density at radius 3 is 3.00 bits per heavy atom. The van der Waals surface area contributed by atoms with Crippen LogP contribution in [-0.2, 0) is 4.74 Å². The van der Waals surface area contributed by atoms with Gasteiger partial charge in [0, 0.05) is 29.6 Å². The lowest BCUT2D eigenvalue weighted by molar-refractivity contribution is 0.0286. The van der Waals surface area contributed by atoms with Gasteiger partial charge in [-0.05, 0) is 38.6 Å². The number of hydrogen-bond donors (Lipinski definition) is 0. The molecule has 114 valence electrons. The molecule has 2 heterocycles. The Morgan fingerprint density at radius 1 is 1.67 bits per heavy atom. The highest BCUT2D eigenvalue weighted by Gasteiger charge is 2.35. The van der Waals surface area contributed by atoms with Crippen LogP contribution < -0.4 is 0 Å². The zero-order valence-electron chi connectivity index (χ0n) is 12.4. The summed E-state index contributed by atoms with van der Waals surface area (Å²) in [6.45, 7) is 6.67. The van der Waals surface area contributed by atoms with Crippen LogP contribution in [-0.4, -0.2) is 34.7 Å². The third-order valence-electron chi connectivity index (χ3n) is 3.20. The molecule has 1 aromatic heterocycles. The van der Waals surface area contributed by atoms with E-state index in [2.05, 4.69) is 15.0 Å². The summed E-state index contributed by atoms with van der Waals surface area (Å²) in [5, 5.41) is 6.52. The summed E-state index contributed by atoms with van der Waals surface area (Å²) in [6, 6.07) is -0.317. The SMILES string of the molecule is CC(C)(C)OC(=O)N1CCC(C(N=[N+]=[N-])c2nccs2)C1. The Hall–Kier alpha value is -1.79. The van der Waals surface area contributed by atoms with E-state index in [0.717, 1.165) is 11.4 Å². The number of carbonyl (C=O) groups excluding carboxylic acids is 1. The van der Waals surface area contributed by atoms with E-state index >= 15 is 0 Å². The normalized spacial score (nSPS) is 20.0. The van der Waals surface area contributed by atoms with Crippen LogP contribution in [0.4, 0.5) is 4.79 Å². The van der Waals surface area contributed by atoms with Crippen molar-refractivity contribution in [1.29, 1.82) is 0 Å². The first-order valence-electron chi connectivity index (χ1n) is 6.82. The van der Waals surface area contributed by atoms with Crippen molar-refractivity contribution in [2.75, 3.05) is 13.1 Å². The van der Waals surface area contributed by atoms with Gasteiger partial charge in [0.2, 0.25) is 0 Å². The van der Waals surface area contributed by atoms with Gasteiger partial charge in [0.25, 0.3) is 0 Å². The summed E-state index contributed by atoms with van der Waals surface area (Å²) < 4.78 is 5.37. The average molecular weight is 309 g/mol. The highest BCUT2D eigenvalue weighted by molar-refractivity contribution is 7.09. The molecular formula is C13H19N5O2S. The molecule has 2 rings (SSSR count). The predicted octanol–water partition coefficient (Wildman–Crippen LogP) is 3.75. The summed E-state index contributed by atoms with van der Waals surface area (Å²) in [7, 11) is 0. The quantitative estimate of drug-likeness (QED) is 0.483. The van der Waals surface area contributed by atoms with Crippen molar-refractivity contribution in [2.24, 2.45) is 11.0 Å². The van der Waals surface area contributed by atoms with Crippen molar-refractivity contribution >= 4 is 17.4 Å². The lowest BCUT2D eigenvalue weighted by Gasteiger charge is -2.24. The molecule has 0 spiro atoms. The van der Waals surface area contributed by atoms with E-state index in [0.29, 0.717) is 13.1 Å².